The molecule has 8 nitrogen and oxygen atoms in total. The van der Waals surface area contributed by atoms with E-state index in [2.05, 4.69) is 6.58 Å². The van der Waals surface area contributed by atoms with E-state index in [-0.39, 0.29) is 11.9 Å². The van der Waals surface area contributed by atoms with Crippen molar-refractivity contribution in [3.63, 3.8) is 0 Å². The second kappa shape index (κ2) is 21.4. The lowest BCUT2D eigenvalue weighted by Gasteiger charge is -2.18. The number of hydrogen-bond acceptors (Lipinski definition) is 8. The van der Waals surface area contributed by atoms with Crippen LogP contribution in [0.4, 0.5) is 0 Å². The summed E-state index contributed by atoms with van der Waals surface area (Å²) < 4.78 is 33.5. The van der Waals surface area contributed by atoms with E-state index in [0.29, 0.717) is 58.2 Å². The predicted octanol–water partition coefficient (Wildman–Crippen LogP) is 6.63. The van der Waals surface area contributed by atoms with Gasteiger partial charge in [-0.3, -0.25) is 4.79 Å². The monoisotopic (exact) mass is 570 g/mol. The van der Waals surface area contributed by atoms with Crippen LogP contribution in [0.25, 0.3) is 0 Å². The van der Waals surface area contributed by atoms with Gasteiger partial charge in [0.1, 0.15) is 18.1 Å². The molecule has 1 unspecified atom stereocenters. The van der Waals surface area contributed by atoms with Gasteiger partial charge >= 0.3 is 11.9 Å². The third-order valence-corrected chi connectivity index (χ3v) is 6.03. The first-order chi connectivity index (χ1) is 20.0. The summed E-state index contributed by atoms with van der Waals surface area (Å²) in [5.74, 6) is 1.02. The molecule has 0 heterocycles. The van der Waals surface area contributed by atoms with Gasteiger partial charge in [0.2, 0.25) is 0 Å². The molecule has 2 aromatic rings. The quantitative estimate of drug-likeness (QED) is 0.0835. The second-order valence-electron chi connectivity index (χ2n) is 9.62. The third-order valence-electron chi connectivity index (χ3n) is 6.03. The van der Waals surface area contributed by atoms with Crippen LogP contribution in [-0.2, 0) is 28.5 Å². The number of hydrogen-bond donors (Lipinski definition) is 0. The molecule has 0 aliphatic carbocycles. The van der Waals surface area contributed by atoms with E-state index in [0.717, 1.165) is 55.6 Å². The van der Waals surface area contributed by atoms with Crippen molar-refractivity contribution in [3.8, 4) is 11.5 Å². The van der Waals surface area contributed by atoms with Crippen molar-refractivity contribution in [2.45, 2.75) is 64.9 Å². The molecule has 0 saturated heterocycles. The zero-order chi connectivity index (χ0) is 29.5. The zero-order valence-electron chi connectivity index (χ0n) is 24.6. The van der Waals surface area contributed by atoms with Gasteiger partial charge in [0.05, 0.1) is 26.4 Å². The van der Waals surface area contributed by atoms with Crippen molar-refractivity contribution in [3.05, 3.63) is 72.3 Å². The Hall–Kier alpha value is -3.36. The SMILES string of the molecule is C=C(C)C(=O)OCCCCCCC(=O)OC(COCCCCOCCOc1ccc(OCC)cc1)c1ccccc1. The van der Waals surface area contributed by atoms with E-state index in [9.17, 15) is 9.59 Å². The Kier molecular flexibility index (Phi) is 17.7. The van der Waals surface area contributed by atoms with E-state index in [1.807, 2.05) is 61.5 Å². The number of esters is 2. The van der Waals surface area contributed by atoms with Crippen LogP contribution in [0.15, 0.2) is 66.7 Å². The van der Waals surface area contributed by atoms with E-state index < -0.39 is 6.10 Å². The molecule has 0 N–H and O–H groups in total. The average Bonchev–Trinajstić information content (AvgIpc) is 2.98. The topological polar surface area (TPSA) is 89.5 Å². The normalized spacial score (nSPS) is 11.5. The standard InChI is InChI=1S/C33H46O8/c1-4-38-29-17-19-30(20-18-29)39-25-24-36-21-12-13-22-37-26-31(28-14-8-7-9-15-28)41-32(34)16-10-5-6-11-23-40-33(35)27(2)3/h7-9,14-15,17-20,31H,2,4-6,10-13,16,21-26H2,1,3H3. The van der Waals surface area contributed by atoms with E-state index in [1.54, 1.807) is 6.92 Å². The lowest BCUT2D eigenvalue weighted by atomic mass is 10.1. The number of rotatable bonds is 23. The number of carbonyl (C=O) groups excluding carboxylic acids is 2. The van der Waals surface area contributed by atoms with Crippen molar-refractivity contribution in [1.82, 2.24) is 0 Å². The van der Waals surface area contributed by atoms with Crippen molar-refractivity contribution in [1.29, 1.82) is 0 Å². The van der Waals surface area contributed by atoms with Gasteiger partial charge < -0.3 is 28.4 Å². The van der Waals surface area contributed by atoms with E-state index in [1.165, 1.54) is 0 Å². The first kappa shape index (κ1) is 33.8. The number of unbranched alkanes of at least 4 members (excludes halogenated alkanes) is 4. The van der Waals surface area contributed by atoms with E-state index >= 15 is 0 Å². The average molecular weight is 571 g/mol. The first-order valence-corrected chi connectivity index (χ1v) is 14.6. The largest absolute Gasteiger partial charge is 0.494 e. The van der Waals surface area contributed by atoms with Crippen molar-refractivity contribution in [2.75, 3.05) is 46.2 Å². The maximum absolute atomic E-state index is 12.5. The molecule has 0 amide bonds. The molecule has 0 spiro atoms. The lowest BCUT2D eigenvalue weighted by molar-refractivity contribution is -0.153. The highest BCUT2D eigenvalue weighted by atomic mass is 16.6. The van der Waals surface area contributed by atoms with Crippen LogP contribution in [0.1, 0.15) is 70.5 Å². The molecule has 2 aromatic carbocycles. The van der Waals surface area contributed by atoms with Gasteiger partial charge in [-0.05, 0) is 69.4 Å². The van der Waals surface area contributed by atoms with Crippen LogP contribution in [0.2, 0.25) is 0 Å². The van der Waals surface area contributed by atoms with E-state index in [4.69, 9.17) is 28.4 Å². The molecule has 8 heteroatoms. The molecule has 41 heavy (non-hydrogen) atoms. The predicted molar refractivity (Wildman–Crippen MR) is 158 cm³/mol. The Balaban J connectivity index is 1.54. The van der Waals surface area contributed by atoms with Gasteiger partial charge in [0, 0.05) is 25.2 Å². The van der Waals surface area contributed by atoms with Crippen LogP contribution in [0, 0.1) is 0 Å². The summed E-state index contributed by atoms with van der Waals surface area (Å²) in [5, 5.41) is 0. The van der Waals surface area contributed by atoms with Gasteiger partial charge in [0.15, 0.2) is 6.10 Å². The van der Waals surface area contributed by atoms with Crippen LogP contribution in [-0.4, -0.2) is 58.2 Å². The fraction of sp³-hybridized carbons (Fsp3) is 0.515. The molecular weight excluding hydrogens is 524 g/mol. The Morgan fingerprint density at radius 2 is 1.37 bits per heavy atom. The summed E-state index contributed by atoms with van der Waals surface area (Å²) in [6, 6.07) is 17.2. The summed E-state index contributed by atoms with van der Waals surface area (Å²) in [6.45, 7) is 10.6. The van der Waals surface area contributed by atoms with Gasteiger partial charge in [-0.2, -0.15) is 0 Å². The zero-order valence-corrected chi connectivity index (χ0v) is 24.6. The Labute approximate surface area is 244 Å². The highest BCUT2D eigenvalue weighted by Gasteiger charge is 2.17. The molecule has 1 atom stereocenters. The number of carbonyl (C=O) groups is 2. The molecule has 0 aliphatic rings. The minimum atomic E-state index is -0.443. The smallest absolute Gasteiger partial charge is 0.333 e. The summed E-state index contributed by atoms with van der Waals surface area (Å²) in [7, 11) is 0. The molecule has 0 aliphatic heterocycles. The maximum atomic E-state index is 12.5. The maximum Gasteiger partial charge on any atom is 0.333 e. The molecule has 0 bridgehead atoms. The summed E-state index contributed by atoms with van der Waals surface area (Å²) in [6.07, 6.45) is 4.83. The first-order valence-electron chi connectivity index (χ1n) is 14.6. The van der Waals surface area contributed by atoms with Crippen molar-refractivity contribution in [2.24, 2.45) is 0 Å². The third kappa shape index (κ3) is 15.9. The minimum Gasteiger partial charge on any atom is -0.494 e. The molecule has 0 radical (unpaired) electrons. The minimum absolute atomic E-state index is 0.239. The molecule has 2 rings (SSSR count). The van der Waals surface area contributed by atoms with Crippen molar-refractivity contribution < 1.29 is 38.0 Å². The second-order valence-corrected chi connectivity index (χ2v) is 9.62. The number of benzene rings is 2. The highest BCUT2D eigenvalue weighted by molar-refractivity contribution is 5.86. The van der Waals surface area contributed by atoms with Crippen LogP contribution in [0.3, 0.4) is 0 Å². The van der Waals surface area contributed by atoms with Crippen LogP contribution >= 0.6 is 0 Å². The van der Waals surface area contributed by atoms with Gasteiger partial charge in [-0.15, -0.1) is 0 Å². The summed E-state index contributed by atoms with van der Waals surface area (Å²) in [4.78, 5) is 23.9. The molecule has 0 aromatic heterocycles. The van der Waals surface area contributed by atoms with Gasteiger partial charge in [0.25, 0.3) is 0 Å². The molecule has 226 valence electrons. The Morgan fingerprint density at radius 3 is 2.05 bits per heavy atom. The summed E-state index contributed by atoms with van der Waals surface area (Å²) >= 11 is 0. The lowest BCUT2D eigenvalue weighted by Crippen LogP contribution is -2.17. The highest BCUT2D eigenvalue weighted by Crippen LogP contribution is 2.20. The Bertz CT molecular complexity index is 990. The molecular formula is C33H46O8. The van der Waals surface area contributed by atoms with Gasteiger partial charge in [-0.25, -0.2) is 4.79 Å². The Morgan fingerprint density at radius 1 is 0.732 bits per heavy atom. The molecule has 0 saturated carbocycles. The van der Waals surface area contributed by atoms with Crippen LogP contribution in [0.5, 0.6) is 11.5 Å². The fourth-order valence-electron chi connectivity index (χ4n) is 3.81. The fourth-order valence-corrected chi connectivity index (χ4v) is 3.81. The van der Waals surface area contributed by atoms with Gasteiger partial charge in [-0.1, -0.05) is 49.8 Å². The number of ether oxygens (including phenoxy) is 6. The van der Waals surface area contributed by atoms with Crippen molar-refractivity contribution >= 4 is 11.9 Å². The molecule has 0 fully saturated rings. The van der Waals surface area contributed by atoms with Crippen LogP contribution < -0.4 is 9.47 Å². The summed E-state index contributed by atoms with van der Waals surface area (Å²) in [5.41, 5.74) is 1.31.